The molecule has 4 aromatic rings. The third-order valence-electron chi connectivity index (χ3n) is 8.11. The monoisotopic (exact) mass is 613 g/mol. The number of urea groups is 1. The molecule has 1 aliphatic carbocycles. The Kier molecular flexibility index (Phi) is 8.74. The van der Waals surface area contributed by atoms with Crippen LogP contribution in [0.2, 0.25) is 0 Å². The fourth-order valence-electron chi connectivity index (χ4n) is 5.62. The van der Waals surface area contributed by atoms with Crippen molar-refractivity contribution in [3.05, 3.63) is 54.4 Å². The molecular formula is C33H39N7O5. The van der Waals surface area contributed by atoms with E-state index in [9.17, 15) is 9.59 Å². The molecule has 2 aliphatic rings. The van der Waals surface area contributed by atoms with Gasteiger partial charge in [-0.1, -0.05) is 18.2 Å². The molecule has 3 N–H and O–H groups in total. The minimum absolute atomic E-state index is 0.189. The van der Waals surface area contributed by atoms with Gasteiger partial charge >= 0.3 is 12.0 Å². The molecule has 0 spiro atoms. The molecule has 2 aromatic heterocycles. The van der Waals surface area contributed by atoms with Crippen molar-refractivity contribution in [3.8, 4) is 17.0 Å². The minimum Gasteiger partial charge on any atom is -0.494 e. The van der Waals surface area contributed by atoms with Crippen molar-refractivity contribution in [2.45, 2.75) is 45.3 Å². The number of benzene rings is 2. The first-order valence-electron chi connectivity index (χ1n) is 15.3. The van der Waals surface area contributed by atoms with Gasteiger partial charge in [-0.2, -0.15) is 0 Å². The Morgan fingerprint density at radius 1 is 1.09 bits per heavy atom. The van der Waals surface area contributed by atoms with Gasteiger partial charge in [-0.25, -0.2) is 19.6 Å². The molecule has 12 heteroatoms. The quantitative estimate of drug-likeness (QED) is 0.211. The maximum atomic E-state index is 13.2. The highest BCUT2D eigenvalue weighted by Gasteiger charge is 2.25. The summed E-state index contributed by atoms with van der Waals surface area (Å²) in [5.41, 5.74) is 4.47. The summed E-state index contributed by atoms with van der Waals surface area (Å²) >= 11 is 0. The van der Waals surface area contributed by atoms with Gasteiger partial charge in [0.2, 0.25) is 5.95 Å². The Labute approximate surface area is 262 Å². The molecule has 2 aromatic carbocycles. The number of morpholine rings is 1. The van der Waals surface area contributed by atoms with Crippen LogP contribution in [0.3, 0.4) is 0 Å². The summed E-state index contributed by atoms with van der Waals surface area (Å²) < 4.78 is 18.9. The maximum absolute atomic E-state index is 13.2. The van der Waals surface area contributed by atoms with E-state index in [4.69, 9.17) is 19.2 Å². The summed E-state index contributed by atoms with van der Waals surface area (Å²) in [5.74, 6) is 0.289. The molecular weight excluding hydrogens is 574 g/mol. The van der Waals surface area contributed by atoms with Gasteiger partial charge in [0.25, 0.3) is 0 Å². The highest BCUT2D eigenvalue weighted by atomic mass is 16.5. The van der Waals surface area contributed by atoms with Crippen LogP contribution in [0.25, 0.3) is 22.2 Å². The second kappa shape index (κ2) is 13.0. The van der Waals surface area contributed by atoms with E-state index < -0.39 is 5.97 Å². The van der Waals surface area contributed by atoms with Gasteiger partial charge < -0.3 is 39.6 Å². The lowest BCUT2D eigenvalue weighted by Crippen LogP contribution is -2.42. The first kappa shape index (κ1) is 30.2. The van der Waals surface area contributed by atoms with E-state index in [-0.39, 0.29) is 29.7 Å². The molecule has 6 rings (SSSR count). The van der Waals surface area contributed by atoms with Gasteiger partial charge in [0, 0.05) is 61.1 Å². The summed E-state index contributed by atoms with van der Waals surface area (Å²) in [7, 11) is 3.54. The van der Waals surface area contributed by atoms with Crippen molar-refractivity contribution >= 4 is 45.9 Å². The second-order valence-electron chi connectivity index (χ2n) is 11.6. The number of esters is 1. The van der Waals surface area contributed by atoms with Gasteiger partial charge in [-0.05, 0) is 45.2 Å². The van der Waals surface area contributed by atoms with E-state index in [2.05, 4.69) is 25.8 Å². The first-order valence-corrected chi connectivity index (χ1v) is 15.3. The van der Waals surface area contributed by atoms with E-state index in [1.807, 2.05) is 54.2 Å². The standard InChI is InChI=1S/C33H39N7O5/c1-20(2)45-31(41)23-18-34-32(38-30(23)24-19-39(3)27-11-6-5-10-22(24)27)36-26-16-25(37-33(42)35-21-8-7-9-21)28(17-29(26)43-4)40-12-14-44-15-13-40/h5-6,10-11,16-21H,7-9,12-15H2,1-4H3,(H,34,36,38)(H2,35,37,42). The van der Waals surface area contributed by atoms with Crippen molar-refractivity contribution in [2.75, 3.05) is 48.9 Å². The van der Waals surface area contributed by atoms with Crippen LogP contribution in [0.15, 0.2) is 48.8 Å². The zero-order valence-corrected chi connectivity index (χ0v) is 26.1. The summed E-state index contributed by atoms with van der Waals surface area (Å²) in [6, 6.07) is 11.6. The van der Waals surface area contributed by atoms with Crippen molar-refractivity contribution in [2.24, 2.45) is 7.05 Å². The van der Waals surface area contributed by atoms with Crippen molar-refractivity contribution in [1.29, 1.82) is 0 Å². The van der Waals surface area contributed by atoms with Gasteiger partial charge in [0.1, 0.15) is 11.3 Å². The SMILES string of the molecule is COc1cc(N2CCOCC2)c(NC(=O)NC2CCC2)cc1Nc1ncc(C(=O)OC(C)C)c(-c2cn(C)c3ccccc23)n1. The van der Waals surface area contributed by atoms with E-state index >= 15 is 0 Å². The number of carbonyl (C=O) groups excluding carboxylic acids is 2. The Balaban J connectivity index is 1.39. The number of hydrogen-bond acceptors (Lipinski definition) is 9. The van der Waals surface area contributed by atoms with E-state index in [1.165, 1.54) is 6.20 Å². The predicted octanol–water partition coefficient (Wildman–Crippen LogP) is 5.46. The first-order chi connectivity index (χ1) is 21.8. The van der Waals surface area contributed by atoms with Crippen LogP contribution in [0.1, 0.15) is 43.5 Å². The van der Waals surface area contributed by atoms with Gasteiger partial charge in [0.05, 0.1) is 49.2 Å². The zero-order valence-electron chi connectivity index (χ0n) is 26.1. The van der Waals surface area contributed by atoms with Crippen molar-refractivity contribution in [1.82, 2.24) is 19.9 Å². The number of rotatable bonds is 9. The largest absolute Gasteiger partial charge is 0.494 e. The van der Waals surface area contributed by atoms with Crippen LogP contribution in [0.4, 0.5) is 27.8 Å². The summed E-state index contributed by atoms with van der Waals surface area (Å²) in [6.45, 7) is 6.15. The van der Waals surface area contributed by atoms with Crippen LogP contribution in [0.5, 0.6) is 5.75 Å². The molecule has 2 amide bonds. The minimum atomic E-state index is -0.504. The number of aryl methyl sites for hydroxylation is 1. The zero-order chi connectivity index (χ0) is 31.5. The predicted molar refractivity (Wildman–Crippen MR) is 174 cm³/mol. The topological polar surface area (TPSA) is 132 Å². The number of hydrogen-bond donors (Lipinski definition) is 3. The fraction of sp³-hybridized carbons (Fsp3) is 0.394. The van der Waals surface area contributed by atoms with E-state index in [0.717, 1.165) is 41.4 Å². The van der Waals surface area contributed by atoms with Crippen LogP contribution < -0.4 is 25.6 Å². The number of ether oxygens (including phenoxy) is 3. The highest BCUT2D eigenvalue weighted by molar-refractivity contribution is 6.03. The number of aromatic nitrogens is 3. The Hall–Kier alpha value is -4.84. The van der Waals surface area contributed by atoms with E-state index in [0.29, 0.717) is 49.1 Å². The van der Waals surface area contributed by atoms with Crippen LogP contribution >= 0.6 is 0 Å². The van der Waals surface area contributed by atoms with Crippen LogP contribution in [-0.2, 0) is 16.5 Å². The number of methoxy groups -OCH3 is 1. The molecule has 1 aliphatic heterocycles. The molecule has 3 heterocycles. The molecule has 2 fully saturated rings. The second-order valence-corrected chi connectivity index (χ2v) is 11.6. The number of fused-ring (bicyclic) bond motifs is 1. The van der Waals surface area contributed by atoms with Crippen LogP contribution in [0, 0.1) is 0 Å². The molecule has 236 valence electrons. The number of nitrogens with one attached hydrogen (secondary N) is 3. The van der Waals surface area contributed by atoms with Gasteiger partial charge in [-0.15, -0.1) is 0 Å². The lowest BCUT2D eigenvalue weighted by atomic mass is 9.93. The summed E-state index contributed by atoms with van der Waals surface area (Å²) in [5, 5.41) is 10.3. The number of nitrogens with zero attached hydrogens (tertiary/aromatic N) is 4. The fourth-order valence-corrected chi connectivity index (χ4v) is 5.62. The summed E-state index contributed by atoms with van der Waals surface area (Å²) in [4.78, 5) is 37.7. The molecule has 0 radical (unpaired) electrons. The molecule has 0 bridgehead atoms. The molecule has 0 unspecified atom stereocenters. The molecule has 0 atom stereocenters. The number of carbonyl (C=O) groups is 2. The average molecular weight is 614 g/mol. The molecule has 45 heavy (non-hydrogen) atoms. The van der Waals surface area contributed by atoms with Crippen molar-refractivity contribution < 1.29 is 23.8 Å². The number of para-hydroxylation sites is 1. The van der Waals surface area contributed by atoms with Gasteiger partial charge in [0.15, 0.2) is 0 Å². The lowest BCUT2D eigenvalue weighted by molar-refractivity contribution is 0.0378. The van der Waals surface area contributed by atoms with Crippen molar-refractivity contribution in [3.63, 3.8) is 0 Å². The average Bonchev–Trinajstić information content (AvgIpc) is 3.35. The number of amides is 2. The Morgan fingerprint density at radius 3 is 2.58 bits per heavy atom. The summed E-state index contributed by atoms with van der Waals surface area (Å²) in [6.07, 6.45) is 6.21. The molecule has 12 nitrogen and oxygen atoms in total. The normalized spacial score (nSPS) is 15.1. The van der Waals surface area contributed by atoms with Crippen LogP contribution in [-0.4, -0.2) is 72.1 Å². The molecule has 1 saturated heterocycles. The number of anilines is 4. The lowest BCUT2D eigenvalue weighted by Gasteiger charge is -2.32. The van der Waals surface area contributed by atoms with E-state index in [1.54, 1.807) is 21.0 Å². The smallest absolute Gasteiger partial charge is 0.342 e. The Bertz CT molecular complexity index is 1710. The van der Waals surface area contributed by atoms with Gasteiger partial charge in [-0.3, -0.25) is 0 Å². The molecule has 1 saturated carbocycles. The Morgan fingerprint density at radius 2 is 1.87 bits per heavy atom. The third-order valence-corrected chi connectivity index (χ3v) is 8.11. The third kappa shape index (κ3) is 6.51. The maximum Gasteiger partial charge on any atom is 0.342 e. The highest BCUT2D eigenvalue weighted by Crippen LogP contribution is 2.39.